The van der Waals surface area contributed by atoms with Crippen molar-refractivity contribution in [2.45, 2.75) is 139 Å². The quantitative estimate of drug-likeness (QED) is 0.0565. The van der Waals surface area contributed by atoms with Gasteiger partial charge in [0.2, 0.25) is 0 Å². The molecule has 1 aromatic rings. The van der Waals surface area contributed by atoms with E-state index in [1.165, 1.54) is 46.2 Å². The molecule has 0 radical (unpaired) electrons. The smallest absolute Gasteiger partial charge is 0.347 e. The lowest BCUT2D eigenvalue weighted by molar-refractivity contribution is -0.146. The first-order chi connectivity index (χ1) is 22.3. The minimum Gasteiger partial charge on any atom is -0.491 e. The predicted octanol–water partition coefficient (Wildman–Crippen LogP) is 11.6. The number of fused-ring (bicyclic) bond motifs is 2. The van der Waals surface area contributed by atoms with Gasteiger partial charge in [-0.2, -0.15) is 0 Å². The van der Waals surface area contributed by atoms with Gasteiger partial charge in [-0.3, -0.25) is 0 Å². The fraction of sp³-hybridized carbons (Fsp3) is 0.667. The fourth-order valence-electron chi connectivity index (χ4n) is 5.30. The van der Waals surface area contributed by atoms with E-state index in [1.807, 2.05) is 0 Å². The molecule has 2 atom stereocenters. The molecule has 2 heterocycles. The minimum atomic E-state index is -0.665. The lowest BCUT2D eigenvalue weighted by Crippen LogP contribution is -2.19. The number of thioether (sulfide) groups is 4. The molecule has 0 amide bonds. The second-order valence-corrected chi connectivity index (χ2v) is 16.1. The van der Waals surface area contributed by atoms with Gasteiger partial charge >= 0.3 is 11.9 Å². The molecule has 0 bridgehead atoms. The maximum atomic E-state index is 13.2. The van der Waals surface area contributed by atoms with Crippen LogP contribution in [0.4, 0.5) is 0 Å². The van der Waals surface area contributed by atoms with E-state index in [9.17, 15) is 9.59 Å². The van der Waals surface area contributed by atoms with Crippen molar-refractivity contribution in [1.29, 1.82) is 0 Å². The van der Waals surface area contributed by atoms with Crippen molar-refractivity contribution in [3.05, 3.63) is 19.6 Å². The van der Waals surface area contributed by atoms with Gasteiger partial charge in [-0.1, -0.05) is 133 Å². The minimum absolute atomic E-state index is 0.0594. The third kappa shape index (κ3) is 9.85. The number of esters is 2. The first-order valence-corrected chi connectivity index (χ1v) is 20.6. The monoisotopic (exact) mass is 710 g/mol. The molecule has 1 aromatic carbocycles. The molecule has 0 saturated heterocycles. The van der Waals surface area contributed by atoms with Crippen molar-refractivity contribution in [3.8, 4) is 11.5 Å². The van der Waals surface area contributed by atoms with Crippen molar-refractivity contribution < 1.29 is 28.5 Å². The molecule has 2 aliphatic heterocycles. The molecular weight excluding hydrogens is 657 g/mol. The number of hydrogen-bond donors (Lipinski definition) is 0. The van der Waals surface area contributed by atoms with Crippen LogP contribution in [0, 0.1) is 11.8 Å². The van der Waals surface area contributed by atoms with Crippen LogP contribution in [0.15, 0.2) is 39.2 Å². The molecule has 0 aromatic heterocycles. The maximum absolute atomic E-state index is 13.2. The van der Waals surface area contributed by atoms with E-state index in [-0.39, 0.29) is 18.8 Å². The molecule has 2 unspecified atom stereocenters. The summed E-state index contributed by atoms with van der Waals surface area (Å²) in [5.74, 6) is 1.24. The highest BCUT2D eigenvalue weighted by molar-refractivity contribution is 8.26. The summed E-state index contributed by atoms with van der Waals surface area (Å²) in [6.07, 6.45) is 11.0. The Hall–Kier alpha value is -1.36. The third-order valence-corrected chi connectivity index (χ3v) is 13.7. The van der Waals surface area contributed by atoms with E-state index >= 15 is 0 Å². The summed E-state index contributed by atoms with van der Waals surface area (Å²) in [5, 5.41) is 0. The van der Waals surface area contributed by atoms with E-state index in [2.05, 4.69) is 41.5 Å². The second kappa shape index (κ2) is 20.2. The standard InChI is InChI=1S/C36H54O6S4/c1-9-17-19-23(11-3)21-41-27-29-30(44-35(43-29)25(13-5)14-6)28(42-22-24(12-4)20-18-10-2)32-31(27)45-36(46-32)26(33(37)39-15-7)34(38)40-16-8/h23-24H,9-22H2,1-8H3. The van der Waals surface area contributed by atoms with Gasteiger partial charge in [0.1, 0.15) is 11.5 Å². The summed E-state index contributed by atoms with van der Waals surface area (Å²) in [5.41, 5.74) is 1.37. The zero-order chi connectivity index (χ0) is 33.6. The Morgan fingerprint density at radius 2 is 0.978 bits per heavy atom. The highest BCUT2D eigenvalue weighted by Gasteiger charge is 2.40. The lowest BCUT2D eigenvalue weighted by Gasteiger charge is -2.22. The third-order valence-electron chi connectivity index (χ3n) is 8.34. The second-order valence-electron chi connectivity index (χ2n) is 11.5. The summed E-state index contributed by atoms with van der Waals surface area (Å²) in [6.45, 7) is 18.4. The van der Waals surface area contributed by atoms with Crippen molar-refractivity contribution in [2.75, 3.05) is 26.4 Å². The van der Waals surface area contributed by atoms with Crippen molar-refractivity contribution in [3.63, 3.8) is 0 Å². The number of carbonyl (C=O) groups is 2. The summed E-state index contributed by atoms with van der Waals surface area (Å²) in [6, 6.07) is 0. The first-order valence-electron chi connectivity index (χ1n) is 17.3. The Morgan fingerprint density at radius 1 is 0.587 bits per heavy atom. The predicted molar refractivity (Wildman–Crippen MR) is 195 cm³/mol. The summed E-state index contributed by atoms with van der Waals surface area (Å²) in [4.78, 5) is 30.4. The molecule has 0 saturated carbocycles. The van der Waals surface area contributed by atoms with Crippen LogP contribution in [-0.4, -0.2) is 38.4 Å². The Balaban J connectivity index is 2.22. The number of rotatable bonds is 20. The van der Waals surface area contributed by atoms with E-state index in [4.69, 9.17) is 18.9 Å². The molecule has 46 heavy (non-hydrogen) atoms. The van der Waals surface area contributed by atoms with Gasteiger partial charge in [0.25, 0.3) is 0 Å². The average Bonchev–Trinajstić information content (AvgIpc) is 3.68. The molecule has 2 aliphatic rings. The van der Waals surface area contributed by atoms with Crippen LogP contribution in [0.25, 0.3) is 0 Å². The SMILES string of the molecule is CCCCC(CC)COc1c2c(c(OCC(CC)CCCC)c3c1SC(=C(C(=O)OCC)C(=O)OCC)S3)SC(=C(CC)CC)S2. The molecule has 0 N–H and O–H groups in total. The zero-order valence-corrected chi connectivity index (χ0v) is 32.4. The number of carbonyl (C=O) groups excluding carboxylic acids is 2. The zero-order valence-electron chi connectivity index (χ0n) is 29.1. The highest BCUT2D eigenvalue weighted by atomic mass is 32.2. The largest absolute Gasteiger partial charge is 0.491 e. The number of ether oxygens (including phenoxy) is 4. The topological polar surface area (TPSA) is 71.1 Å². The molecule has 3 rings (SSSR count). The van der Waals surface area contributed by atoms with Gasteiger partial charge in [0.15, 0.2) is 5.57 Å². The number of hydrogen-bond acceptors (Lipinski definition) is 10. The molecule has 0 spiro atoms. The molecule has 0 fully saturated rings. The first kappa shape index (κ1) is 39.1. The highest BCUT2D eigenvalue weighted by Crippen LogP contribution is 2.68. The van der Waals surface area contributed by atoms with Crippen LogP contribution >= 0.6 is 47.0 Å². The van der Waals surface area contributed by atoms with Gasteiger partial charge in [-0.05, 0) is 51.4 Å². The van der Waals surface area contributed by atoms with E-state index < -0.39 is 11.9 Å². The van der Waals surface area contributed by atoms with Gasteiger partial charge in [-0.15, -0.1) is 0 Å². The lowest BCUT2D eigenvalue weighted by atomic mass is 10.0. The van der Waals surface area contributed by atoms with Crippen LogP contribution in [0.3, 0.4) is 0 Å². The summed E-state index contributed by atoms with van der Waals surface area (Å²) in [7, 11) is 0. The Morgan fingerprint density at radius 3 is 1.30 bits per heavy atom. The number of benzene rings is 1. The van der Waals surface area contributed by atoms with Crippen molar-refractivity contribution in [2.24, 2.45) is 11.8 Å². The van der Waals surface area contributed by atoms with Crippen molar-refractivity contribution in [1.82, 2.24) is 0 Å². The van der Waals surface area contributed by atoms with Gasteiger partial charge < -0.3 is 18.9 Å². The fourth-order valence-corrected chi connectivity index (χ4v) is 11.2. The van der Waals surface area contributed by atoms with Crippen LogP contribution in [0.1, 0.15) is 120 Å². The van der Waals surface area contributed by atoms with Gasteiger partial charge in [0.05, 0.1) is 50.2 Å². The normalized spacial score (nSPS) is 14.9. The van der Waals surface area contributed by atoms with E-state index in [0.717, 1.165) is 82.4 Å². The Labute approximate surface area is 294 Å². The average molecular weight is 711 g/mol. The molecule has 6 nitrogen and oxygen atoms in total. The van der Waals surface area contributed by atoms with E-state index in [0.29, 0.717) is 29.3 Å². The maximum Gasteiger partial charge on any atom is 0.347 e. The van der Waals surface area contributed by atoms with Crippen LogP contribution < -0.4 is 9.47 Å². The van der Waals surface area contributed by atoms with Gasteiger partial charge in [-0.25, -0.2) is 9.59 Å². The summed E-state index contributed by atoms with van der Waals surface area (Å²) < 4.78 is 26.2. The Bertz CT molecular complexity index is 1170. The van der Waals surface area contributed by atoms with Crippen molar-refractivity contribution >= 4 is 59.0 Å². The number of allylic oxidation sites excluding steroid dienone is 1. The number of unbranched alkanes of at least 4 members (excludes halogenated alkanes) is 2. The molecular formula is C36H54O6S4. The molecule has 0 aliphatic carbocycles. The molecule has 10 heteroatoms. The summed E-state index contributed by atoms with van der Waals surface area (Å²) >= 11 is 6.39. The van der Waals surface area contributed by atoms with Crippen LogP contribution in [0.5, 0.6) is 11.5 Å². The van der Waals surface area contributed by atoms with Crippen LogP contribution in [-0.2, 0) is 19.1 Å². The van der Waals surface area contributed by atoms with Gasteiger partial charge in [0, 0.05) is 4.24 Å². The van der Waals surface area contributed by atoms with E-state index in [1.54, 1.807) is 37.4 Å². The van der Waals surface area contributed by atoms with Crippen LogP contribution in [0.2, 0.25) is 0 Å². The molecule has 258 valence electrons. The Kier molecular flexibility index (Phi) is 17.2.